The Morgan fingerprint density at radius 1 is 1.22 bits per heavy atom. The Balaban J connectivity index is 1.76. The Morgan fingerprint density at radius 2 is 2.00 bits per heavy atom. The number of oxazole rings is 1. The molecule has 0 fully saturated rings. The van der Waals surface area contributed by atoms with Crippen LogP contribution in [0.25, 0.3) is 11.5 Å². The van der Waals surface area contributed by atoms with Crippen LogP contribution in [-0.4, -0.2) is 23.0 Å². The summed E-state index contributed by atoms with van der Waals surface area (Å²) in [7, 11) is 1.52. The van der Waals surface area contributed by atoms with Gasteiger partial charge in [-0.15, -0.1) is 0 Å². The predicted octanol–water partition coefficient (Wildman–Crippen LogP) is 3.76. The highest BCUT2D eigenvalue weighted by Crippen LogP contribution is 2.25. The molecule has 0 saturated heterocycles. The zero-order valence-corrected chi connectivity index (χ0v) is 13.7. The van der Waals surface area contributed by atoms with Gasteiger partial charge in [-0.1, -0.05) is 18.2 Å². The summed E-state index contributed by atoms with van der Waals surface area (Å²) in [6, 6.07) is 11.1. The summed E-state index contributed by atoms with van der Waals surface area (Å²) in [4.78, 5) is 20.4. The average molecular weight is 374 g/mol. The molecule has 116 valence electrons. The molecule has 0 atom stereocenters. The third-order valence-corrected chi connectivity index (χ3v) is 3.58. The molecule has 2 aromatic heterocycles. The fourth-order valence-corrected chi connectivity index (χ4v) is 2.44. The van der Waals surface area contributed by atoms with Gasteiger partial charge < -0.3 is 14.5 Å². The van der Waals surface area contributed by atoms with Crippen molar-refractivity contribution >= 4 is 27.5 Å². The van der Waals surface area contributed by atoms with Crippen molar-refractivity contribution < 1.29 is 13.9 Å². The first kappa shape index (κ1) is 15.2. The molecule has 0 unspecified atom stereocenters. The van der Waals surface area contributed by atoms with Gasteiger partial charge in [-0.05, 0) is 34.1 Å². The van der Waals surface area contributed by atoms with E-state index in [0.717, 1.165) is 5.56 Å². The van der Waals surface area contributed by atoms with E-state index in [9.17, 15) is 4.79 Å². The first-order valence-corrected chi connectivity index (χ1v) is 7.49. The second kappa shape index (κ2) is 6.62. The van der Waals surface area contributed by atoms with Gasteiger partial charge in [0.2, 0.25) is 17.5 Å². The van der Waals surface area contributed by atoms with Gasteiger partial charge in [0.05, 0.1) is 29.7 Å². The molecular weight excluding hydrogens is 362 g/mol. The minimum absolute atomic E-state index is 0.121. The van der Waals surface area contributed by atoms with E-state index in [0.29, 0.717) is 21.9 Å². The number of pyridine rings is 1. The van der Waals surface area contributed by atoms with E-state index in [-0.39, 0.29) is 5.76 Å². The number of amides is 1. The minimum Gasteiger partial charge on any atom is -0.480 e. The molecule has 0 aliphatic carbocycles. The quantitative estimate of drug-likeness (QED) is 0.753. The maximum Gasteiger partial charge on any atom is 0.293 e. The van der Waals surface area contributed by atoms with Crippen molar-refractivity contribution in [1.82, 2.24) is 9.97 Å². The molecule has 7 heteroatoms. The van der Waals surface area contributed by atoms with Gasteiger partial charge >= 0.3 is 0 Å². The summed E-state index contributed by atoms with van der Waals surface area (Å²) in [6.07, 6.45) is 2.89. The number of ether oxygens (including phenoxy) is 1. The summed E-state index contributed by atoms with van der Waals surface area (Å²) in [5.74, 6) is 0.549. The molecule has 3 rings (SSSR count). The molecule has 1 N–H and O–H groups in total. The van der Waals surface area contributed by atoms with Gasteiger partial charge in [0.25, 0.3) is 5.91 Å². The second-order valence-corrected chi connectivity index (χ2v) is 5.42. The van der Waals surface area contributed by atoms with E-state index < -0.39 is 5.91 Å². The van der Waals surface area contributed by atoms with Crippen molar-refractivity contribution in [2.24, 2.45) is 0 Å². The average Bonchev–Trinajstić information content (AvgIpc) is 3.06. The largest absolute Gasteiger partial charge is 0.480 e. The number of hydrogen-bond acceptors (Lipinski definition) is 5. The SMILES string of the molecule is COc1ncc(NC(=O)c2cnc(-c3ccccc3)o2)cc1Br. The number of nitrogens with one attached hydrogen (secondary N) is 1. The summed E-state index contributed by atoms with van der Waals surface area (Å²) >= 11 is 3.31. The smallest absolute Gasteiger partial charge is 0.293 e. The fourth-order valence-electron chi connectivity index (χ4n) is 1.93. The van der Waals surface area contributed by atoms with Crippen molar-refractivity contribution in [3.63, 3.8) is 0 Å². The molecule has 0 radical (unpaired) electrons. The lowest BCUT2D eigenvalue weighted by Crippen LogP contribution is -2.11. The summed E-state index contributed by atoms with van der Waals surface area (Å²) in [5, 5.41) is 2.69. The van der Waals surface area contributed by atoms with Crippen LogP contribution >= 0.6 is 15.9 Å². The molecule has 1 aromatic carbocycles. The predicted molar refractivity (Wildman–Crippen MR) is 88.4 cm³/mol. The van der Waals surface area contributed by atoms with Crippen molar-refractivity contribution in [3.05, 3.63) is 59.0 Å². The van der Waals surface area contributed by atoms with Gasteiger partial charge in [0.15, 0.2) is 0 Å². The third-order valence-electron chi connectivity index (χ3n) is 3.01. The summed E-state index contributed by atoms with van der Waals surface area (Å²) in [5.41, 5.74) is 1.32. The number of anilines is 1. The van der Waals surface area contributed by atoms with Crippen LogP contribution in [-0.2, 0) is 0 Å². The monoisotopic (exact) mass is 373 g/mol. The summed E-state index contributed by atoms with van der Waals surface area (Å²) < 4.78 is 11.2. The van der Waals surface area contributed by atoms with Crippen molar-refractivity contribution in [2.45, 2.75) is 0 Å². The van der Waals surface area contributed by atoms with Crippen LogP contribution < -0.4 is 10.1 Å². The Bertz CT molecular complexity index is 834. The third kappa shape index (κ3) is 3.40. The number of benzene rings is 1. The number of hydrogen-bond donors (Lipinski definition) is 1. The minimum atomic E-state index is -0.404. The molecule has 3 aromatic rings. The van der Waals surface area contributed by atoms with Crippen LogP contribution in [0.5, 0.6) is 5.88 Å². The summed E-state index contributed by atoms with van der Waals surface area (Å²) in [6.45, 7) is 0. The lowest BCUT2D eigenvalue weighted by atomic mass is 10.2. The topological polar surface area (TPSA) is 77.2 Å². The van der Waals surface area contributed by atoms with E-state index in [2.05, 4.69) is 31.2 Å². The van der Waals surface area contributed by atoms with Crippen LogP contribution in [0.2, 0.25) is 0 Å². The Kier molecular flexibility index (Phi) is 4.38. The van der Waals surface area contributed by atoms with Crippen molar-refractivity contribution in [2.75, 3.05) is 12.4 Å². The van der Waals surface area contributed by atoms with Gasteiger partial charge in [-0.25, -0.2) is 9.97 Å². The number of rotatable bonds is 4. The van der Waals surface area contributed by atoms with Gasteiger partial charge in [-0.2, -0.15) is 0 Å². The Labute approximate surface area is 140 Å². The van der Waals surface area contributed by atoms with Crippen molar-refractivity contribution in [1.29, 1.82) is 0 Å². The number of methoxy groups -OCH3 is 1. The normalized spacial score (nSPS) is 10.3. The second-order valence-electron chi connectivity index (χ2n) is 4.56. The molecule has 0 bridgehead atoms. The van der Waals surface area contributed by atoms with E-state index >= 15 is 0 Å². The van der Waals surface area contributed by atoms with Crippen LogP contribution in [0.15, 0.2) is 57.7 Å². The maximum absolute atomic E-state index is 12.2. The molecule has 0 saturated carbocycles. The number of carbonyl (C=O) groups is 1. The van der Waals surface area contributed by atoms with Crippen LogP contribution in [0, 0.1) is 0 Å². The molecule has 2 heterocycles. The van der Waals surface area contributed by atoms with E-state index in [1.165, 1.54) is 19.5 Å². The van der Waals surface area contributed by atoms with Gasteiger partial charge in [-0.3, -0.25) is 4.79 Å². The number of nitrogens with zero attached hydrogens (tertiary/aromatic N) is 2. The number of carbonyl (C=O) groups excluding carboxylic acids is 1. The van der Waals surface area contributed by atoms with Crippen LogP contribution in [0.4, 0.5) is 5.69 Å². The lowest BCUT2D eigenvalue weighted by molar-refractivity contribution is 0.0997. The van der Waals surface area contributed by atoms with E-state index in [4.69, 9.17) is 9.15 Å². The highest BCUT2D eigenvalue weighted by molar-refractivity contribution is 9.10. The number of aromatic nitrogens is 2. The molecule has 0 spiro atoms. The fraction of sp³-hybridized carbons (Fsp3) is 0.0625. The molecular formula is C16H12BrN3O3. The maximum atomic E-state index is 12.2. The molecule has 1 amide bonds. The first-order chi connectivity index (χ1) is 11.2. The highest BCUT2D eigenvalue weighted by atomic mass is 79.9. The Morgan fingerprint density at radius 3 is 2.70 bits per heavy atom. The molecule has 0 aliphatic heterocycles. The van der Waals surface area contributed by atoms with Gasteiger partial charge in [0, 0.05) is 5.56 Å². The lowest BCUT2D eigenvalue weighted by Gasteiger charge is -2.05. The zero-order chi connectivity index (χ0) is 16.2. The standard InChI is InChI=1S/C16H12BrN3O3/c1-22-16-12(17)7-11(8-18-16)20-14(21)13-9-19-15(23-13)10-5-3-2-4-6-10/h2-9H,1H3,(H,20,21). The molecule has 0 aliphatic rings. The highest BCUT2D eigenvalue weighted by Gasteiger charge is 2.14. The molecule has 6 nitrogen and oxygen atoms in total. The van der Waals surface area contributed by atoms with Crippen LogP contribution in [0.1, 0.15) is 10.6 Å². The van der Waals surface area contributed by atoms with Crippen molar-refractivity contribution in [3.8, 4) is 17.3 Å². The van der Waals surface area contributed by atoms with E-state index in [1.807, 2.05) is 30.3 Å². The van der Waals surface area contributed by atoms with Gasteiger partial charge in [0.1, 0.15) is 0 Å². The zero-order valence-electron chi connectivity index (χ0n) is 12.1. The Hall–Kier alpha value is -2.67. The molecule has 23 heavy (non-hydrogen) atoms. The number of halogens is 1. The van der Waals surface area contributed by atoms with Crippen LogP contribution in [0.3, 0.4) is 0 Å². The first-order valence-electron chi connectivity index (χ1n) is 6.69. The van der Waals surface area contributed by atoms with E-state index in [1.54, 1.807) is 6.07 Å².